The van der Waals surface area contributed by atoms with Gasteiger partial charge in [-0.3, -0.25) is 14.9 Å². The van der Waals surface area contributed by atoms with Crippen molar-refractivity contribution >= 4 is 11.7 Å². The smallest absolute Gasteiger partial charge is 0.387 e. The standard InChI is InChI=1S/C17H17F2N3O7/c1-8-9(2)20-21(3)15(23)14(8)16(24)28-7-10-5-12(27-4)13(29-17(18)19)6-11(10)22(25)26/h5-6,17H,7H2,1-4H3. The van der Waals surface area contributed by atoms with E-state index in [0.717, 1.165) is 23.9 Å². The van der Waals surface area contributed by atoms with Crippen LogP contribution in [0.1, 0.15) is 27.2 Å². The van der Waals surface area contributed by atoms with E-state index < -0.39 is 41.1 Å². The molecule has 0 saturated carbocycles. The molecular weight excluding hydrogens is 396 g/mol. The van der Waals surface area contributed by atoms with Crippen LogP contribution in [0.25, 0.3) is 0 Å². The van der Waals surface area contributed by atoms with Gasteiger partial charge in [0.15, 0.2) is 11.5 Å². The van der Waals surface area contributed by atoms with E-state index in [0.29, 0.717) is 11.3 Å². The fourth-order valence-electron chi connectivity index (χ4n) is 2.53. The summed E-state index contributed by atoms with van der Waals surface area (Å²) in [4.78, 5) is 35.1. The van der Waals surface area contributed by atoms with E-state index in [4.69, 9.17) is 9.47 Å². The Labute approximate surface area is 162 Å². The number of carbonyl (C=O) groups excluding carboxylic acids is 1. The van der Waals surface area contributed by atoms with Gasteiger partial charge >= 0.3 is 12.6 Å². The molecule has 12 heteroatoms. The number of carbonyl (C=O) groups is 1. The Morgan fingerprint density at radius 2 is 1.97 bits per heavy atom. The molecule has 0 N–H and O–H groups in total. The zero-order chi connectivity index (χ0) is 21.9. The summed E-state index contributed by atoms with van der Waals surface area (Å²) < 4.78 is 40.2. The number of nitro benzene ring substituents is 1. The number of aromatic nitrogens is 2. The molecule has 1 aromatic heterocycles. The van der Waals surface area contributed by atoms with Gasteiger partial charge in [-0.2, -0.15) is 13.9 Å². The number of hydrogen-bond acceptors (Lipinski definition) is 8. The van der Waals surface area contributed by atoms with Crippen LogP contribution in [0.3, 0.4) is 0 Å². The molecule has 0 atom stereocenters. The van der Waals surface area contributed by atoms with Crippen molar-refractivity contribution in [3.8, 4) is 11.5 Å². The second-order valence-electron chi connectivity index (χ2n) is 5.86. The van der Waals surface area contributed by atoms with Crippen LogP contribution in [-0.4, -0.2) is 34.4 Å². The Hall–Kier alpha value is -3.57. The Morgan fingerprint density at radius 3 is 2.52 bits per heavy atom. The summed E-state index contributed by atoms with van der Waals surface area (Å²) in [5.41, 5.74) is -0.962. The van der Waals surface area contributed by atoms with Crippen LogP contribution >= 0.6 is 0 Å². The molecule has 10 nitrogen and oxygen atoms in total. The molecule has 0 fully saturated rings. The van der Waals surface area contributed by atoms with Crippen LogP contribution in [0.15, 0.2) is 16.9 Å². The van der Waals surface area contributed by atoms with Crippen LogP contribution in [0.4, 0.5) is 14.5 Å². The lowest BCUT2D eigenvalue weighted by atomic mass is 10.1. The van der Waals surface area contributed by atoms with Gasteiger partial charge in [0.05, 0.1) is 29.4 Å². The van der Waals surface area contributed by atoms with Crippen molar-refractivity contribution in [3.63, 3.8) is 0 Å². The third kappa shape index (κ3) is 4.65. The minimum Gasteiger partial charge on any atom is -0.493 e. The summed E-state index contributed by atoms with van der Waals surface area (Å²) in [6, 6.07) is 1.79. The summed E-state index contributed by atoms with van der Waals surface area (Å²) in [7, 11) is 2.52. The Balaban J connectivity index is 2.39. The molecule has 1 heterocycles. The number of alkyl halides is 2. The molecule has 2 aromatic rings. The molecule has 0 aliphatic heterocycles. The molecule has 0 bridgehead atoms. The Morgan fingerprint density at radius 1 is 1.31 bits per heavy atom. The number of nitrogens with zero attached hydrogens (tertiary/aromatic N) is 3. The first kappa shape index (κ1) is 21.7. The van der Waals surface area contributed by atoms with Gasteiger partial charge in [-0.1, -0.05) is 0 Å². The second kappa shape index (κ2) is 8.63. The highest BCUT2D eigenvalue weighted by atomic mass is 19.3. The number of ether oxygens (including phenoxy) is 3. The minimum atomic E-state index is -3.22. The van der Waals surface area contributed by atoms with E-state index in [1.165, 1.54) is 14.0 Å². The summed E-state index contributed by atoms with van der Waals surface area (Å²) in [5, 5.41) is 15.2. The van der Waals surface area contributed by atoms with Crippen molar-refractivity contribution < 1.29 is 32.7 Å². The second-order valence-corrected chi connectivity index (χ2v) is 5.86. The van der Waals surface area contributed by atoms with Gasteiger partial charge < -0.3 is 14.2 Å². The molecule has 0 unspecified atom stereocenters. The summed E-state index contributed by atoms with van der Waals surface area (Å²) in [5.74, 6) is -1.76. The number of hydrogen-bond donors (Lipinski definition) is 0. The number of methoxy groups -OCH3 is 1. The van der Waals surface area contributed by atoms with E-state index in [9.17, 15) is 28.5 Å². The molecule has 0 saturated heterocycles. The van der Waals surface area contributed by atoms with Crippen LogP contribution in [0, 0.1) is 24.0 Å². The number of aryl methyl sites for hydroxylation is 2. The molecule has 1 aromatic carbocycles. The number of benzene rings is 1. The van der Waals surface area contributed by atoms with E-state index in [1.807, 2.05) is 0 Å². The Bertz CT molecular complexity index is 1020. The molecular formula is C17H17F2N3O7. The van der Waals surface area contributed by atoms with E-state index in [-0.39, 0.29) is 16.9 Å². The van der Waals surface area contributed by atoms with E-state index in [1.54, 1.807) is 6.92 Å². The lowest BCUT2D eigenvalue weighted by Gasteiger charge is -2.13. The van der Waals surface area contributed by atoms with Crippen molar-refractivity contribution in [2.45, 2.75) is 27.1 Å². The van der Waals surface area contributed by atoms with Gasteiger partial charge in [-0.15, -0.1) is 0 Å². The van der Waals surface area contributed by atoms with Crippen LogP contribution in [-0.2, 0) is 18.4 Å². The summed E-state index contributed by atoms with van der Waals surface area (Å²) in [6.07, 6.45) is 0. The van der Waals surface area contributed by atoms with E-state index >= 15 is 0 Å². The first-order valence-electron chi connectivity index (χ1n) is 8.08. The molecule has 0 amide bonds. The predicted octanol–water partition coefficient (Wildman–Crippen LogP) is 2.27. The fraction of sp³-hybridized carbons (Fsp3) is 0.353. The third-order valence-corrected chi connectivity index (χ3v) is 4.07. The van der Waals surface area contributed by atoms with Crippen LogP contribution in [0.2, 0.25) is 0 Å². The SMILES string of the molecule is COc1cc(COC(=O)c2c(C)c(C)nn(C)c2=O)c([N+](=O)[O-])cc1OC(F)F. The molecule has 156 valence electrons. The highest BCUT2D eigenvalue weighted by Gasteiger charge is 2.24. The normalized spacial score (nSPS) is 10.7. The van der Waals surface area contributed by atoms with Gasteiger partial charge in [0.1, 0.15) is 12.2 Å². The quantitative estimate of drug-likeness (QED) is 0.385. The Kier molecular flexibility index (Phi) is 6.46. The van der Waals surface area contributed by atoms with Gasteiger partial charge in [-0.05, 0) is 25.5 Å². The highest BCUT2D eigenvalue weighted by molar-refractivity contribution is 5.90. The van der Waals surface area contributed by atoms with Crippen molar-refractivity contribution in [1.29, 1.82) is 0 Å². The number of halogens is 2. The van der Waals surface area contributed by atoms with Crippen molar-refractivity contribution in [2.75, 3.05) is 7.11 Å². The molecule has 2 rings (SSSR count). The lowest BCUT2D eigenvalue weighted by molar-refractivity contribution is -0.386. The highest BCUT2D eigenvalue weighted by Crippen LogP contribution is 2.36. The molecule has 0 spiro atoms. The largest absolute Gasteiger partial charge is 0.493 e. The molecule has 29 heavy (non-hydrogen) atoms. The zero-order valence-corrected chi connectivity index (χ0v) is 15.9. The van der Waals surface area contributed by atoms with Crippen molar-refractivity contribution in [1.82, 2.24) is 9.78 Å². The minimum absolute atomic E-state index is 0.137. The van der Waals surface area contributed by atoms with Crippen molar-refractivity contribution in [3.05, 3.63) is 55.0 Å². The monoisotopic (exact) mass is 413 g/mol. The predicted molar refractivity (Wildman–Crippen MR) is 94.4 cm³/mol. The molecule has 0 radical (unpaired) electrons. The maximum absolute atomic E-state index is 12.5. The maximum atomic E-state index is 12.5. The average molecular weight is 413 g/mol. The van der Waals surface area contributed by atoms with Gasteiger partial charge in [-0.25, -0.2) is 9.48 Å². The van der Waals surface area contributed by atoms with Crippen molar-refractivity contribution in [2.24, 2.45) is 7.05 Å². The third-order valence-electron chi connectivity index (χ3n) is 4.07. The maximum Gasteiger partial charge on any atom is 0.387 e. The van der Waals surface area contributed by atoms with Gasteiger partial charge in [0.2, 0.25) is 0 Å². The zero-order valence-electron chi connectivity index (χ0n) is 15.9. The number of rotatable bonds is 7. The summed E-state index contributed by atoms with van der Waals surface area (Å²) in [6.45, 7) is -0.711. The number of esters is 1. The fourth-order valence-corrected chi connectivity index (χ4v) is 2.53. The van der Waals surface area contributed by atoms with Gasteiger partial charge in [0.25, 0.3) is 11.2 Å². The first-order valence-corrected chi connectivity index (χ1v) is 8.08. The van der Waals surface area contributed by atoms with E-state index in [2.05, 4.69) is 9.84 Å². The topological polar surface area (TPSA) is 123 Å². The van der Waals surface area contributed by atoms with Crippen LogP contribution < -0.4 is 15.0 Å². The lowest BCUT2D eigenvalue weighted by Crippen LogP contribution is -2.29. The van der Waals surface area contributed by atoms with Crippen LogP contribution in [0.5, 0.6) is 11.5 Å². The van der Waals surface area contributed by atoms with Gasteiger partial charge in [0, 0.05) is 7.05 Å². The first-order chi connectivity index (χ1) is 13.6. The summed E-state index contributed by atoms with van der Waals surface area (Å²) >= 11 is 0. The molecule has 0 aliphatic rings. The average Bonchev–Trinajstić information content (AvgIpc) is 2.64. The molecule has 0 aliphatic carbocycles. The number of nitro groups is 1.